The van der Waals surface area contributed by atoms with Gasteiger partial charge in [-0.2, -0.15) is 0 Å². The summed E-state index contributed by atoms with van der Waals surface area (Å²) in [5, 5.41) is 1.92. The van der Waals surface area contributed by atoms with Gasteiger partial charge in [0, 0.05) is 11.1 Å². The molecule has 0 aromatic heterocycles. The second-order valence-corrected chi connectivity index (χ2v) is 5.56. The normalized spacial score (nSPS) is 12.4. The molecule has 0 radical (unpaired) electrons. The minimum Gasteiger partial charge on any atom is -0.203 e. The molecule has 0 aliphatic heterocycles. The van der Waals surface area contributed by atoms with Gasteiger partial charge in [-0.05, 0) is 30.7 Å². The Bertz CT molecular complexity index is 859. The third-order valence-corrected chi connectivity index (χ3v) is 3.75. The lowest BCUT2D eigenvalue weighted by atomic mass is 10.0. The molecule has 0 heterocycles. The fraction of sp³-hybridized carbons (Fsp3) is 0.100. The molecule has 22 heavy (non-hydrogen) atoms. The van der Waals surface area contributed by atoms with E-state index in [0.717, 1.165) is 21.9 Å². The summed E-state index contributed by atoms with van der Waals surface area (Å²) in [7, 11) is 0. The lowest BCUT2D eigenvalue weighted by molar-refractivity contribution is 0.700. The van der Waals surface area contributed by atoms with E-state index in [0.29, 0.717) is 0 Å². The van der Waals surface area contributed by atoms with E-state index < -0.39 is 11.7 Å². The summed E-state index contributed by atoms with van der Waals surface area (Å²) in [5.41, 5.74) is 2.67. The van der Waals surface area contributed by atoms with Gasteiger partial charge in [-0.3, -0.25) is 0 Å². The van der Waals surface area contributed by atoms with Crippen LogP contribution in [0.1, 0.15) is 22.3 Å². The van der Waals surface area contributed by atoms with Crippen molar-refractivity contribution < 1.29 is 8.78 Å². The van der Waals surface area contributed by atoms with E-state index >= 15 is 0 Å². The minimum atomic E-state index is -0.827. The van der Waals surface area contributed by atoms with E-state index in [1.807, 2.05) is 38.1 Å². The first-order valence-electron chi connectivity index (χ1n) is 7.18. The van der Waals surface area contributed by atoms with Crippen molar-refractivity contribution in [3.05, 3.63) is 82.9 Å². The molecule has 0 spiro atoms. The minimum absolute atomic E-state index is 0.257. The molecule has 0 amide bonds. The predicted octanol–water partition coefficient (Wildman–Crippen LogP) is 6.22. The number of hydrogen-bond acceptors (Lipinski definition) is 0. The molecule has 3 aromatic rings. The molecule has 0 aliphatic carbocycles. The molecule has 0 aliphatic rings. The van der Waals surface area contributed by atoms with Crippen LogP contribution in [0.3, 0.4) is 0 Å². The van der Waals surface area contributed by atoms with Crippen LogP contribution in [0, 0.1) is 13.8 Å². The van der Waals surface area contributed by atoms with Crippen LogP contribution in [-0.2, 0) is 0 Å². The first-order chi connectivity index (χ1) is 10.5. The van der Waals surface area contributed by atoms with Crippen LogP contribution in [0.2, 0.25) is 0 Å². The van der Waals surface area contributed by atoms with Gasteiger partial charge in [-0.15, -0.1) is 0 Å². The summed E-state index contributed by atoms with van der Waals surface area (Å²) in [4.78, 5) is 0. The molecule has 0 nitrogen and oxygen atoms in total. The number of hydrogen-bond donors (Lipinski definition) is 0. The van der Waals surface area contributed by atoms with Gasteiger partial charge >= 0.3 is 0 Å². The van der Waals surface area contributed by atoms with Gasteiger partial charge < -0.3 is 0 Å². The van der Waals surface area contributed by atoms with Crippen molar-refractivity contribution in [1.82, 2.24) is 0 Å². The van der Waals surface area contributed by atoms with Crippen molar-refractivity contribution in [1.29, 1.82) is 0 Å². The Kier molecular flexibility index (Phi) is 3.76. The van der Waals surface area contributed by atoms with Crippen LogP contribution in [0.4, 0.5) is 8.78 Å². The van der Waals surface area contributed by atoms with Crippen molar-refractivity contribution in [2.75, 3.05) is 0 Å². The van der Waals surface area contributed by atoms with Crippen LogP contribution in [0.25, 0.3) is 22.4 Å². The highest BCUT2D eigenvalue weighted by Gasteiger charge is 2.11. The van der Waals surface area contributed by atoms with Gasteiger partial charge in [0.25, 0.3) is 0 Å². The Morgan fingerprint density at radius 3 is 1.82 bits per heavy atom. The van der Waals surface area contributed by atoms with Gasteiger partial charge in [-0.1, -0.05) is 65.7 Å². The van der Waals surface area contributed by atoms with E-state index in [1.165, 1.54) is 0 Å². The third-order valence-electron chi connectivity index (χ3n) is 3.75. The summed E-state index contributed by atoms with van der Waals surface area (Å²) < 4.78 is 28.7. The van der Waals surface area contributed by atoms with Crippen molar-refractivity contribution in [2.24, 2.45) is 0 Å². The van der Waals surface area contributed by atoms with E-state index in [9.17, 15) is 8.78 Å². The van der Waals surface area contributed by atoms with Gasteiger partial charge in [0.15, 0.2) is 11.7 Å². The standard InChI is InChI=1S/C20H16F2/c1-13-3-6-15(7-4-13)19(21)20(22)18-10-9-16-11-14(2)5-8-17(16)12-18/h3-12H,1-2H3/b20-19+. The number of benzene rings is 3. The molecular formula is C20H16F2. The highest BCUT2D eigenvalue weighted by molar-refractivity contribution is 5.90. The number of fused-ring (bicyclic) bond motifs is 1. The highest BCUT2D eigenvalue weighted by Crippen LogP contribution is 2.30. The number of rotatable bonds is 2. The maximum absolute atomic E-state index is 14.4. The Labute approximate surface area is 128 Å². The zero-order chi connectivity index (χ0) is 15.7. The predicted molar refractivity (Wildman–Crippen MR) is 88.9 cm³/mol. The monoisotopic (exact) mass is 294 g/mol. The third kappa shape index (κ3) is 2.77. The quantitative estimate of drug-likeness (QED) is 0.492. The number of halogens is 2. The van der Waals surface area contributed by atoms with Gasteiger partial charge in [0.05, 0.1) is 0 Å². The van der Waals surface area contributed by atoms with Crippen LogP contribution in [0.5, 0.6) is 0 Å². The fourth-order valence-electron chi connectivity index (χ4n) is 2.46. The molecule has 0 fully saturated rings. The Morgan fingerprint density at radius 2 is 1.09 bits per heavy atom. The molecule has 0 saturated heterocycles. The molecule has 0 atom stereocenters. The van der Waals surface area contributed by atoms with Gasteiger partial charge in [0.2, 0.25) is 0 Å². The maximum atomic E-state index is 14.4. The van der Waals surface area contributed by atoms with Crippen LogP contribution in [-0.4, -0.2) is 0 Å². The lowest BCUT2D eigenvalue weighted by Gasteiger charge is -2.05. The van der Waals surface area contributed by atoms with Crippen LogP contribution in [0.15, 0.2) is 60.7 Å². The molecule has 110 valence electrons. The van der Waals surface area contributed by atoms with E-state index in [4.69, 9.17) is 0 Å². The second-order valence-electron chi connectivity index (χ2n) is 5.56. The highest BCUT2D eigenvalue weighted by atomic mass is 19.2. The Hall–Kier alpha value is -2.48. The van der Waals surface area contributed by atoms with E-state index in [1.54, 1.807) is 36.4 Å². The van der Waals surface area contributed by atoms with Crippen molar-refractivity contribution in [3.63, 3.8) is 0 Å². The molecule has 3 aromatic carbocycles. The molecule has 3 rings (SSSR count). The zero-order valence-electron chi connectivity index (χ0n) is 12.5. The topological polar surface area (TPSA) is 0 Å². The average molecular weight is 294 g/mol. The molecular weight excluding hydrogens is 278 g/mol. The summed E-state index contributed by atoms with van der Waals surface area (Å²) in [6.45, 7) is 3.91. The summed E-state index contributed by atoms with van der Waals surface area (Å²) in [6, 6.07) is 17.7. The molecule has 2 heteroatoms. The number of aryl methyl sites for hydroxylation is 2. The SMILES string of the molecule is Cc1ccc(/C(F)=C(\F)c2ccc3cc(C)ccc3c2)cc1. The largest absolute Gasteiger partial charge is 0.203 e. The zero-order valence-corrected chi connectivity index (χ0v) is 12.5. The first kappa shape index (κ1) is 14.5. The van der Waals surface area contributed by atoms with E-state index in [2.05, 4.69) is 0 Å². The second kappa shape index (κ2) is 5.72. The van der Waals surface area contributed by atoms with Crippen LogP contribution < -0.4 is 0 Å². The summed E-state index contributed by atoms with van der Waals surface area (Å²) in [5.74, 6) is -1.65. The summed E-state index contributed by atoms with van der Waals surface area (Å²) >= 11 is 0. The van der Waals surface area contributed by atoms with Crippen molar-refractivity contribution in [3.8, 4) is 0 Å². The van der Waals surface area contributed by atoms with Crippen molar-refractivity contribution >= 4 is 22.4 Å². The van der Waals surface area contributed by atoms with Gasteiger partial charge in [0.1, 0.15) is 0 Å². The first-order valence-corrected chi connectivity index (χ1v) is 7.18. The molecule has 0 unspecified atom stereocenters. The lowest BCUT2D eigenvalue weighted by Crippen LogP contribution is -1.86. The average Bonchev–Trinajstić information content (AvgIpc) is 2.53. The Morgan fingerprint density at radius 1 is 0.591 bits per heavy atom. The summed E-state index contributed by atoms with van der Waals surface area (Å²) in [6.07, 6.45) is 0. The smallest absolute Gasteiger partial charge is 0.166 e. The van der Waals surface area contributed by atoms with Gasteiger partial charge in [-0.25, -0.2) is 8.78 Å². The fourth-order valence-corrected chi connectivity index (χ4v) is 2.46. The van der Waals surface area contributed by atoms with Crippen molar-refractivity contribution in [2.45, 2.75) is 13.8 Å². The molecule has 0 bridgehead atoms. The molecule has 0 N–H and O–H groups in total. The molecule has 0 saturated carbocycles. The Balaban J connectivity index is 2.07. The van der Waals surface area contributed by atoms with Crippen LogP contribution >= 0.6 is 0 Å². The maximum Gasteiger partial charge on any atom is 0.166 e. The van der Waals surface area contributed by atoms with E-state index in [-0.39, 0.29) is 11.1 Å².